The molecule has 0 spiro atoms. The maximum atomic E-state index is 12.1. The molecule has 1 saturated carbocycles. The van der Waals surface area contributed by atoms with Crippen molar-refractivity contribution in [2.45, 2.75) is 38.1 Å². The third kappa shape index (κ3) is 4.35. The number of rotatable bonds is 3. The molecular weight excluding hydrogens is 336 g/mol. The summed E-state index contributed by atoms with van der Waals surface area (Å²) in [6, 6.07) is 5.13. The molecule has 21 heavy (non-hydrogen) atoms. The van der Waals surface area contributed by atoms with E-state index in [1.807, 2.05) is 0 Å². The first-order valence-electron chi connectivity index (χ1n) is 6.95. The Kier molecular flexibility index (Phi) is 5.44. The van der Waals surface area contributed by atoms with E-state index in [0.717, 1.165) is 30.2 Å². The first kappa shape index (κ1) is 15.6. The molecule has 2 rings (SSSR count). The number of hydrogen-bond donors (Lipinski definition) is 4. The second-order valence-corrected chi connectivity index (χ2v) is 6.02. The molecule has 0 aliphatic heterocycles. The van der Waals surface area contributed by atoms with Gasteiger partial charge in [-0.1, -0.05) is 40.3 Å². The lowest BCUT2D eigenvalue weighted by atomic mass is 9.96. The molecule has 114 valence electrons. The molecule has 1 aliphatic rings. The standard InChI is InChI=1S/C14H19BrN4O2/c15-9-6-7-12(11(8-9)13(16)19-21)18-14(20)17-10-4-2-1-3-5-10/h6-8,10,21H,1-5H2,(H2,16,19)(H2,17,18,20). The fourth-order valence-corrected chi connectivity index (χ4v) is 2.84. The summed E-state index contributed by atoms with van der Waals surface area (Å²) >= 11 is 3.32. The van der Waals surface area contributed by atoms with Gasteiger partial charge in [0, 0.05) is 16.1 Å². The first-order chi connectivity index (χ1) is 10.1. The number of halogens is 1. The van der Waals surface area contributed by atoms with E-state index in [0.29, 0.717) is 11.3 Å². The van der Waals surface area contributed by atoms with Crippen molar-refractivity contribution < 1.29 is 10.0 Å². The van der Waals surface area contributed by atoms with Gasteiger partial charge in [0.1, 0.15) is 0 Å². The van der Waals surface area contributed by atoms with Gasteiger partial charge in [0.25, 0.3) is 0 Å². The van der Waals surface area contributed by atoms with E-state index in [4.69, 9.17) is 10.9 Å². The minimum Gasteiger partial charge on any atom is -0.409 e. The SMILES string of the molecule is N/C(=N/O)c1cc(Br)ccc1NC(=O)NC1CCCCC1. The maximum absolute atomic E-state index is 12.1. The number of nitrogens with one attached hydrogen (secondary N) is 2. The Bertz CT molecular complexity index is 542. The lowest BCUT2D eigenvalue weighted by Gasteiger charge is -2.23. The summed E-state index contributed by atoms with van der Waals surface area (Å²) in [5.41, 5.74) is 6.60. The number of amidine groups is 1. The molecule has 0 aromatic heterocycles. The largest absolute Gasteiger partial charge is 0.409 e. The van der Waals surface area contributed by atoms with Gasteiger partial charge < -0.3 is 21.6 Å². The molecule has 1 aliphatic carbocycles. The Morgan fingerprint density at radius 1 is 1.33 bits per heavy atom. The number of oxime groups is 1. The molecule has 2 amide bonds. The van der Waals surface area contributed by atoms with E-state index >= 15 is 0 Å². The number of anilines is 1. The second-order valence-electron chi connectivity index (χ2n) is 5.11. The van der Waals surface area contributed by atoms with Crippen LogP contribution >= 0.6 is 15.9 Å². The number of nitrogens with two attached hydrogens (primary N) is 1. The summed E-state index contributed by atoms with van der Waals surface area (Å²) < 4.78 is 0.780. The van der Waals surface area contributed by atoms with Gasteiger partial charge in [-0.2, -0.15) is 0 Å². The number of hydrogen-bond acceptors (Lipinski definition) is 3. The van der Waals surface area contributed by atoms with Gasteiger partial charge in [0.15, 0.2) is 5.84 Å². The zero-order valence-corrected chi connectivity index (χ0v) is 13.2. The third-order valence-electron chi connectivity index (χ3n) is 3.55. The van der Waals surface area contributed by atoms with Crippen molar-refractivity contribution in [1.29, 1.82) is 0 Å². The molecular formula is C14H19BrN4O2. The highest BCUT2D eigenvalue weighted by molar-refractivity contribution is 9.10. The molecule has 0 radical (unpaired) electrons. The first-order valence-corrected chi connectivity index (χ1v) is 7.74. The maximum Gasteiger partial charge on any atom is 0.319 e. The molecule has 1 fully saturated rings. The highest BCUT2D eigenvalue weighted by Gasteiger charge is 2.17. The van der Waals surface area contributed by atoms with Crippen LogP contribution in [0.4, 0.5) is 10.5 Å². The van der Waals surface area contributed by atoms with Crippen LogP contribution in [0.3, 0.4) is 0 Å². The smallest absolute Gasteiger partial charge is 0.319 e. The summed E-state index contributed by atoms with van der Waals surface area (Å²) in [5.74, 6) is -0.0516. The minimum atomic E-state index is -0.267. The Morgan fingerprint density at radius 3 is 2.71 bits per heavy atom. The molecule has 0 atom stereocenters. The van der Waals surface area contributed by atoms with Gasteiger partial charge in [-0.05, 0) is 31.0 Å². The number of nitrogens with zero attached hydrogens (tertiary/aromatic N) is 1. The molecule has 7 heteroatoms. The molecule has 0 saturated heterocycles. The van der Waals surface area contributed by atoms with Gasteiger partial charge in [-0.15, -0.1) is 0 Å². The zero-order chi connectivity index (χ0) is 15.2. The predicted octanol–water partition coefficient (Wildman–Crippen LogP) is 3.00. The van der Waals surface area contributed by atoms with Gasteiger partial charge >= 0.3 is 6.03 Å². The van der Waals surface area contributed by atoms with Gasteiger partial charge in [0.2, 0.25) is 0 Å². The second kappa shape index (κ2) is 7.31. The van der Waals surface area contributed by atoms with Crippen molar-refractivity contribution in [1.82, 2.24) is 5.32 Å². The van der Waals surface area contributed by atoms with Crippen LogP contribution in [0, 0.1) is 0 Å². The van der Waals surface area contributed by atoms with E-state index in [2.05, 4.69) is 31.7 Å². The number of carbonyl (C=O) groups excluding carboxylic acids is 1. The molecule has 5 N–H and O–H groups in total. The lowest BCUT2D eigenvalue weighted by Crippen LogP contribution is -2.39. The van der Waals surface area contributed by atoms with Crippen molar-refractivity contribution in [2.75, 3.05) is 5.32 Å². The lowest BCUT2D eigenvalue weighted by molar-refractivity contribution is 0.244. The molecule has 1 aromatic carbocycles. The van der Waals surface area contributed by atoms with Crippen LogP contribution in [0.2, 0.25) is 0 Å². The third-order valence-corrected chi connectivity index (χ3v) is 4.05. The minimum absolute atomic E-state index is 0.0516. The van der Waals surface area contributed by atoms with Gasteiger partial charge in [-0.25, -0.2) is 4.79 Å². The number of carbonyl (C=O) groups is 1. The van der Waals surface area contributed by atoms with Gasteiger partial charge in [0.05, 0.1) is 5.69 Å². The van der Waals surface area contributed by atoms with Gasteiger partial charge in [-0.3, -0.25) is 0 Å². The molecule has 6 nitrogen and oxygen atoms in total. The summed E-state index contributed by atoms with van der Waals surface area (Å²) in [4.78, 5) is 12.1. The number of amides is 2. The molecule has 1 aromatic rings. The Labute approximate surface area is 131 Å². The van der Waals surface area contributed by atoms with E-state index in [9.17, 15) is 4.79 Å². The van der Waals surface area contributed by atoms with Crippen LogP contribution in [0.15, 0.2) is 27.8 Å². The summed E-state index contributed by atoms with van der Waals surface area (Å²) in [6.45, 7) is 0. The van der Waals surface area contributed by atoms with E-state index < -0.39 is 0 Å². The Morgan fingerprint density at radius 2 is 2.05 bits per heavy atom. The quantitative estimate of drug-likeness (QED) is 0.290. The molecule has 0 heterocycles. The number of urea groups is 1. The van der Waals surface area contributed by atoms with Crippen LogP contribution in [-0.4, -0.2) is 23.1 Å². The summed E-state index contributed by atoms with van der Waals surface area (Å²) in [6.07, 6.45) is 5.57. The van der Waals surface area contributed by atoms with E-state index in [-0.39, 0.29) is 17.9 Å². The van der Waals surface area contributed by atoms with Crippen LogP contribution in [0.25, 0.3) is 0 Å². The fraction of sp³-hybridized carbons (Fsp3) is 0.429. The highest BCUT2D eigenvalue weighted by atomic mass is 79.9. The van der Waals surface area contributed by atoms with E-state index in [1.165, 1.54) is 6.42 Å². The van der Waals surface area contributed by atoms with Crippen molar-refractivity contribution >= 4 is 33.5 Å². The monoisotopic (exact) mass is 354 g/mol. The normalized spacial score (nSPS) is 16.5. The highest BCUT2D eigenvalue weighted by Crippen LogP contribution is 2.22. The average Bonchev–Trinajstić information content (AvgIpc) is 2.49. The van der Waals surface area contributed by atoms with Crippen molar-refractivity contribution in [3.63, 3.8) is 0 Å². The predicted molar refractivity (Wildman–Crippen MR) is 85.7 cm³/mol. The van der Waals surface area contributed by atoms with Crippen LogP contribution < -0.4 is 16.4 Å². The van der Waals surface area contributed by atoms with Crippen molar-refractivity contribution in [2.24, 2.45) is 10.9 Å². The van der Waals surface area contributed by atoms with Crippen molar-refractivity contribution in [3.8, 4) is 0 Å². The fourth-order valence-electron chi connectivity index (χ4n) is 2.48. The zero-order valence-electron chi connectivity index (χ0n) is 11.6. The molecule has 0 bridgehead atoms. The summed E-state index contributed by atoms with van der Waals surface area (Å²) in [5, 5.41) is 17.5. The average molecular weight is 355 g/mol. The topological polar surface area (TPSA) is 99.7 Å². The van der Waals surface area contributed by atoms with E-state index in [1.54, 1.807) is 18.2 Å². The Hall–Kier alpha value is -1.76. The number of benzene rings is 1. The van der Waals surface area contributed by atoms with Crippen LogP contribution in [0.1, 0.15) is 37.7 Å². The van der Waals surface area contributed by atoms with Crippen LogP contribution in [-0.2, 0) is 0 Å². The molecule has 0 unspecified atom stereocenters. The summed E-state index contributed by atoms with van der Waals surface area (Å²) in [7, 11) is 0. The Balaban J connectivity index is 2.06. The van der Waals surface area contributed by atoms with Crippen LogP contribution in [0.5, 0.6) is 0 Å². The van der Waals surface area contributed by atoms with Crippen molar-refractivity contribution in [3.05, 3.63) is 28.2 Å².